The van der Waals surface area contributed by atoms with E-state index in [0.29, 0.717) is 28.4 Å². The fourth-order valence-electron chi connectivity index (χ4n) is 2.66. The Balaban J connectivity index is 1.82. The van der Waals surface area contributed by atoms with Crippen LogP contribution in [0.5, 0.6) is 11.5 Å². The van der Waals surface area contributed by atoms with Gasteiger partial charge < -0.3 is 10.1 Å². The van der Waals surface area contributed by atoms with Gasteiger partial charge in [-0.2, -0.15) is 0 Å². The summed E-state index contributed by atoms with van der Waals surface area (Å²) in [5.74, 6) is 0.792. The number of hydrogen-bond acceptors (Lipinski definition) is 4. The largest absolute Gasteiger partial charge is 0.455 e. The predicted octanol–water partition coefficient (Wildman–Crippen LogP) is 4.72. The molecule has 3 aromatic rings. The van der Waals surface area contributed by atoms with E-state index in [0.717, 1.165) is 17.4 Å². The lowest BCUT2D eigenvalue weighted by Gasteiger charge is -2.13. The number of carbonyl (C=O) groups excluding carboxylic acids is 1. The van der Waals surface area contributed by atoms with Crippen LogP contribution >= 0.6 is 0 Å². The molecule has 0 unspecified atom stereocenters. The van der Waals surface area contributed by atoms with Crippen molar-refractivity contribution in [3.63, 3.8) is 0 Å². The van der Waals surface area contributed by atoms with E-state index in [4.69, 9.17) is 4.74 Å². The van der Waals surface area contributed by atoms with Gasteiger partial charge in [0, 0.05) is 5.56 Å². The Bertz CT molecular complexity index is 1140. The van der Waals surface area contributed by atoms with Crippen LogP contribution in [0.4, 0.5) is 11.4 Å². The van der Waals surface area contributed by atoms with Crippen LogP contribution in [0.3, 0.4) is 0 Å². The number of benzene rings is 3. The quantitative estimate of drug-likeness (QED) is 0.616. The fraction of sp³-hybridized carbons (Fsp3) is 0.136. The summed E-state index contributed by atoms with van der Waals surface area (Å²) < 4.78 is 31.4. The normalized spacial score (nSPS) is 11.0. The van der Waals surface area contributed by atoms with Crippen LogP contribution in [-0.4, -0.2) is 20.6 Å². The standard InChI is InChI=1S/C22H22N2O4S/c1-15-8-12-18(13-9-15)28-21-7-5-4-6-19(21)23-22(25)17-11-10-16(2)20(14-17)24-29(3,26)27/h4-14,24H,1-3H3,(H,23,25). The summed E-state index contributed by atoms with van der Waals surface area (Å²) in [4.78, 5) is 12.7. The minimum atomic E-state index is -3.45. The van der Waals surface area contributed by atoms with Crippen molar-refractivity contribution >= 4 is 27.3 Å². The average molecular weight is 410 g/mol. The molecule has 0 atom stereocenters. The lowest BCUT2D eigenvalue weighted by molar-refractivity contribution is 0.102. The monoisotopic (exact) mass is 410 g/mol. The fourth-order valence-corrected chi connectivity index (χ4v) is 3.28. The molecule has 0 bridgehead atoms. The molecule has 0 aliphatic heterocycles. The molecule has 0 saturated heterocycles. The van der Waals surface area contributed by atoms with Crippen molar-refractivity contribution in [2.24, 2.45) is 0 Å². The highest BCUT2D eigenvalue weighted by Crippen LogP contribution is 2.30. The molecule has 0 fully saturated rings. The Hall–Kier alpha value is -3.32. The minimum absolute atomic E-state index is 0.326. The molecule has 0 radical (unpaired) electrons. The van der Waals surface area contributed by atoms with E-state index in [9.17, 15) is 13.2 Å². The van der Waals surface area contributed by atoms with Crippen LogP contribution in [-0.2, 0) is 10.0 Å². The maximum absolute atomic E-state index is 12.7. The number of hydrogen-bond donors (Lipinski definition) is 2. The van der Waals surface area contributed by atoms with Gasteiger partial charge in [0.05, 0.1) is 17.6 Å². The number of sulfonamides is 1. The lowest BCUT2D eigenvalue weighted by Crippen LogP contribution is -2.15. The molecule has 150 valence electrons. The van der Waals surface area contributed by atoms with Crippen molar-refractivity contribution in [3.8, 4) is 11.5 Å². The van der Waals surface area contributed by atoms with E-state index in [1.54, 1.807) is 37.3 Å². The molecule has 0 saturated carbocycles. The van der Waals surface area contributed by atoms with Gasteiger partial charge in [0.1, 0.15) is 5.75 Å². The number of ether oxygens (including phenoxy) is 1. The number of rotatable bonds is 6. The van der Waals surface area contributed by atoms with Gasteiger partial charge in [0.15, 0.2) is 5.75 Å². The molecule has 0 aliphatic rings. The SMILES string of the molecule is Cc1ccc(Oc2ccccc2NC(=O)c2ccc(C)c(NS(C)(=O)=O)c2)cc1. The van der Waals surface area contributed by atoms with Gasteiger partial charge in [-0.1, -0.05) is 35.9 Å². The Kier molecular flexibility index (Phi) is 5.89. The van der Waals surface area contributed by atoms with E-state index >= 15 is 0 Å². The number of anilines is 2. The number of amides is 1. The molecule has 3 aromatic carbocycles. The molecule has 0 heterocycles. The summed E-state index contributed by atoms with van der Waals surface area (Å²) in [6, 6.07) is 19.6. The summed E-state index contributed by atoms with van der Waals surface area (Å²) >= 11 is 0. The molecular formula is C22H22N2O4S. The second kappa shape index (κ2) is 8.36. The number of para-hydroxylation sites is 2. The zero-order valence-electron chi connectivity index (χ0n) is 16.4. The predicted molar refractivity (Wildman–Crippen MR) is 115 cm³/mol. The summed E-state index contributed by atoms with van der Waals surface area (Å²) in [6.45, 7) is 3.76. The summed E-state index contributed by atoms with van der Waals surface area (Å²) in [7, 11) is -3.45. The van der Waals surface area contributed by atoms with E-state index in [1.165, 1.54) is 6.07 Å². The highest BCUT2D eigenvalue weighted by molar-refractivity contribution is 7.92. The maximum Gasteiger partial charge on any atom is 0.255 e. The van der Waals surface area contributed by atoms with Crippen molar-refractivity contribution < 1.29 is 17.9 Å². The second-order valence-corrected chi connectivity index (χ2v) is 8.52. The molecule has 0 aliphatic carbocycles. The average Bonchev–Trinajstić information content (AvgIpc) is 2.66. The van der Waals surface area contributed by atoms with E-state index in [1.807, 2.05) is 37.3 Å². The molecule has 7 heteroatoms. The molecule has 3 rings (SSSR count). The molecule has 0 aromatic heterocycles. The summed E-state index contributed by atoms with van der Waals surface area (Å²) in [5.41, 5.74) is 3.04. The van der Waals surface area contributed by atoms with Crippen molar-refractivity contribution in [1.29, 1.82) is 0 Å². The smallest absolute Gasteiger partial charge is 0.255 e. The van der Waals surface area contributed by atoms with Gasteiger partial charge in [-0.05, 0) is 55.8 Å². The summed E-state index contributed by atoms with van der Waals surface area (Å²) in [6.07, 6.45) is 1.07. The Morgan fingerprint density at radius 3 is 2.28 bits per heavy atom. The van der Waals surface area contributed by atoms with Gasteiger partial charge in [-0.25, -0.2) is 8.42 Å². The van der Waals surface area contributed by atoms with E-state index in [2.05, 4.69) is 10.0 Å². The topological polar surface area (TPSA) is 84.5 Å². The first kappa shape index (κ1) is 20.4. The molecular weight excluding hydrogens is 388 g/mol. The van der Waals surface area contributed by atoms with Crippen LogP contribution in [0.2, 0.25) is 0 Å². The van der Waals surface area contributed by atoms with Crippen molar-refractivity contribution in [2.45, 2.75) is 13.8 Å². The third kappa shape index (κ3) is 5.58. The number of nitrogens with one attached hydrogen (secondary N) is 2. The Morgan fingerprint density at radius 1 is 0.897 bits per heavy atom. The van der Waals surface area contributed by atoms with Gasteiger partial charge in [0.2, 0.25) is 10.0 Å². The third-order valence-corrected chi connectivity index (χ3v) is 4.77. The first-order valence-electron chi connectivity index (χ1n) is 8.94. The van der Waals surface area contributed by atoms with Crippen LogP contribution < -0.4 is 14.8 Å². The highest BCUT2D eigenvalue weighted by atomic mass is 32.2. The van der Waals surface area contributed by atoms with Gasteiger partial charge in [0.25, 0.3) is 5.91 Å². The Morgan fingerprint density at radius 2 is 1.59 bits per heavy atom. The minimum Gasteiger partial charge on any atom is -0.455 e. The highest BCUT2D eigenvalue weighted by Gasteiger charge is 2.13. The van der Waals surface area contributed by atoms with Gasteiger partial charge in [-0.3, -0.25) is 9.52 Å². The zero-order valence-corrected chi connectivity index (χ0v) is 17.2. The molecule has 6 nitrogen and oxygen atoms in total. The molecule has 2 N–H and O–H groups in total. The van der Waals surface area contributed by atoms with Crippen molar-refractivity contribution in [1.82, 2.24) is 0 Å². The van der Waals surface area contributed by atoms with Crippen LogP contribution in [0.15, 0.2) is 66.7 Å². The van der Waals surface area contributed by atoms with Crippen LogP contribution in [0.1, 0.15) is 21.5 Å². The lowest BCUT2D eigenvalue weighted by atomic mass is 10.1. The maximum atomic E-state index is 12.7. The molecule has 29 heavy (non-hydrogen) atoms. The first-order valence-corrected chi connectivity index (χ1v) is 10.8. The second-order valence-electron chi connectivity index (χ2n) is 6.77. The number of carbonyl (C=O) groups is 1. The van der Waals surface area contributed by atoms with Gasteiger partial charge in [-0.15, -0.1) is 0 Å². The zero-order chi connectivity index (χ0) is 21.0. The number of aryl methyl sites for hydroxylation is 2. The van der Waals surface area contributed by atoms with Crippen LogP contribution in [0.25, 0.3) is 0 Å². The van der Waals surface area contributed by atoms with Gasteiger partial charge >= 0.3 is 0 Å². The van der Waals surface area contributed by atoms with E-state index in [-0.39, 0.29) is 5.91 Å². The molecule has 0 spiro atoms. The molecule has 1 amide bonds. The third-order valence-electron chi connectivity index (χ3n) is 4.18. The van der Waals surface area contributed by atoms with Crippen molar-refractivity contribution in [2.75, 3.05) is 16.3 Å². The van der Waals surface area contributed by atoms with E-state index < -0.39 is 10.0 Å². The van der Waals surface area contributed by atoms with Crippen molar-refractivity contribution in [3.05, 3.63) is 83.4 Å². The first-order chi connectivity index (χ1) is 13.7. The Labute approximate surface area is 170 Å². The van der Waals surface area contributed by atoms with Crippen LogP contribution in [0, 0.1) is 13.8 Å². The summed E-state index contributed by atoms with van der Waals surface area (Å²) in [5, 5.41) is 2.83.